The van der Waals surface area contributed by atoms with Crippen molar-refractivity contribution in [2.24, 2.45) is 4.99 Å². The summed E-state index contributed by atoms with van der Waals surface area (Å²) >= 11 is 7.67. The molecule has 0 bridgehead atoms. The second kappa shape index (κ2) is 12.8. The lowest BCUT2D eigenvalue weighted by molar-refractivity contribution is 0.125. The number of carbonyl (C=O) groups is 2. The summed E-state index contributed by atoms with van der Waals surface area (Å²) in [6.45, 7) is -2.87. The zero-order valence-corrected chi connectivity index (χ0v) is 22.4. The standard InChI is InChI=1S/C24H23ClF3N7O4S/c1-38-23(36)32-9-13-10-35(24(37)39-13)11-17-18(16(29)4-5-31-22(27)28)19(14-3-2-12(26)8-15(14)25)34-20(33-17)21-30-6-7-40-21/h2-8,13,19,22,29,31H,9-11H2,1H3,(H,32,36)(H,33,34)/b5-4-,29-16?/t13-,19+/m1/s1. The first-order chi connectivity index (χ1) is 19.2. The number of halogens is 4. The first-order valence-electron chi connectivity index (χ1n) is 11.7. The Balaban J connectivity index is 1.73. The van der Waals surface area contributed by atoms with Crippen molar-refractivity contribution in [2.45, 2.75) is 18.7 Å². The highest BCUT2D eigenvalue weighted by atomic mass is 35.5. The van der Waals surface area contributed by atoms with Crippen molar-refractivity contribution in [3.05, 3.63) is 74.7 Å². The summed E-state index contributed by atoms with van der Waals surface area (Å²) < 4.78 is 49.2. The molecule has 1 fully saturated rings. The molecule has 2 aliphatic rings. The zero-order chi connectivity index (χ0) is 28.8. The van der Waals surface area contributed by atoms with Gasteiger partial charge in [-0.05, 0) is 18.2 Å². The predicted molar refractivity (Wildman–Crippen MR) is 141 cm³/mol. The van der Waals surface area contributed by atoms with Gasteiger partial charge in [-0.3, -0.25) is 9.89 Å². The number of aliphatic imine (C=N–C) groups is 1. The molecular weight excluding hydrogens is 575 g/mol. The van der Waals surface area contributed by atoms with Crippen LogP contribution in [-0.4, -0.2) is 73.0 Å². The summed E-state index contributed by atoms with van der Waals surface area (Å²) in [4.78, 5) is 34.4. The summed E-state index contributed by atoms with van der Waals surface area (Å²) in [6.07, 6.45) is 1.56. The Bertz CT molecular complexity index is 1370. The lowest BCUT2D eigenvalue weighted by Gasteiger charge is -2.30. The van der Waals surface area contributed by atoms with Gasteiger partial charge >= 0.3 is 18.7 Å². The van der Waals surface area contributed by atoms with Crippen LogP contribution in [0.5, 0.6) is 0 Å². The Morgan fingerprint density at radius 3 is 2.92 bits per heavy atom. The molecule has 1 saturated heterocycles. The maximum atomic E-state index is 13.9. The number of amidine groups is 1. The van der Waals surface area contributed by atoms with Crippen molar-refractivity contribution in [2.75, 3.05) is 26.7 Å². The van der Waals surface area contributed by atoms with Gasteiger partial charge in [0.05, 0.1) is 32.5 Å². The fourth-order valence-corrected chi connectivity index (χ4v) is 4.86. The number of carbonyl (C=O) groups excluding carboxylic acids is 2. The maximum Gasteiger partial charge on any atom is 0.410 e. The van der Waals surface area contributed by atoms with Gasteiger partial charge in [0.2, 0.25) is 0 Å². The molecule has 3 heterocycles. The molecule has 2 atom stereocenters. The fourth-order valence-electron chi connectivity index (χ4n) is 4.00. The molecular formula is C24H23ClF3N7O4S. The molecule has 0 unspecified atom stereocenters. The largest absolute Gasteiger partial charge is 0.453 e. The first-order valence-corrected chi connectivity index (χ1v) is 12.9. The molecule has 0 saturated carbocycles. The lowest BCUT2D eigenvalue weighted by Crippen LogP contribution is -2.40. The molecule has 16 heteroatoms. The third-order valence-corrected chi connectivity index (χ3v) is 6.85. The molecule has 0 aliphatic carbocycles. The van der Waals surface area contributed by atoms with Gasteiger partial charge in [-0.15, -0.1) is 11.3 Å². The fraction of sp³-hybridized carbons (Fsp3) is 0.292. The smallest absolute Gasteiger partial charge is 0.410 e. The number of hydrogen-bond donors (Lipinski definition) is 4. The average Bonchev–Trinajstić information content (AvgIpc) is 3.57. The molecule has 40 heavy (non-hydrogen) atoms. The monoisotopic (exact) mass is 597 g/mol. The first kappa shape index (κ1) is 28.9. The van der Waals surface area contributed by atoms with Gasteiger partial charge in [-0.2, -0.15) is 8.78 Å². The van der Waals surface area contributed by atoms with Crippen LogP contribution in [0.15, 0.2) is 58.3 Å². The van der Waals surface area contributed by atoms with E-state index in [1.54, 1.807) is 16.9 Å². The van der Waals surface area contributed by atoms with Crippen LogP contribution < -0.4 is 16.0 Å². The number of benzene rings is 1. The highest BCUT2D eigenvalue weighted by molar-refractivity contribution is 7.11. The number of allylic oxidation sites excluding steroid dienone is 1. The van der Waals surface area contributed by atoms with Gasteiger partial charge in [-0.1, -0.05) is 17.7 Å². The van der Waals surface area contributed by atoms with Gasteiger partial charge in [0.15, 0.2) is 10.8 Å². The van der Waals surface area contributed by atoms with E-state index in [4.69, 9.17) is 26.7 Å². The van der Waals surface area contributed by atoms with E-state index in [2.05, 4.69) is 20.4 Å². The van der Waals surface area contributed by atoms with Crippen LogP contribution in [-0.2, 0) is 9.47 Å². The van der Waals surface area contributed by atoms with E-state index in [0.717, 1.165) is 18.3 Å². The predicted octanol–water partition coefficient (Wildman–Crippen LogP) is 3.80. The van der Waals surface area contributed by atoms with E-state index in [-0.39, 0.29) is 35.9 Å². The molecule has 0 radical (unpaired) electrons. The van der Waals surface area contributed by atoms with Gasteiger partial charge in [-0.25, -0.2) is 19.0 Å². The Hall–Kier alpha value is -4.11. The van der Waals surface area contributed by atoms with Crippen LogP contribution in [0.4, 0.5) is 22.8 Å². The number of alkyl carbamates (subject to hydrolysis) is 1. The third-order valence-electron chi connectivity index (χ3n) is 5.74. The Morgan fingerprint density at radius 1 is 1.45 bits per heavy atom. The Morgan fingerprint density at radius 2 is 2.25 bits per heavy atom. The molecule has 4 N–H and O–H groups in total. The van der Waals surface area contributed by atoms with E-state index in [0.29, 0.717) is 22.1 Å². The number of nitrogens with zero attached hydrogens (tertiary/aromatic N) is 3. The number of hydrogen-bond acceptors (Lipinski definition) is 10. The molecule has 2 aromatic rings. The lowest BCUT2D eigenvalue weighted by atomic mass is 9.91. The minimum absolute atomic E-state index is 0.00569. The van der Waals surface area contributed by atoms with E-state index in [1.165, 1.54) is 35.5 Å². The molecule has 1 aromatic heterocycles. The Kier molecular flexibility index (Phi) is 9.26. The summed E-state index contributed by atoms with van der Waals surface area (Å²) in [7, 11) is 1.21. The number of cyclic esters (lactones) is 1. The average molecular weight is 598 g/mol. The van der Waals surface area contributed by atoms with Crippen molar-refractivity contribution in [3.8, 4) is 0 Å². The topological polar surface area (TPSA) is 141 Å². The highest BCUT2D eigenvalue weighted by Crippen LogP contribution is 2.37. The second-order valence-corrected chi connectivity index (χ2v) is 9.68. The molecule has 1 aromatic carbocycles. The van der Waals surface area contributed by atoms with Crippen molar-refractivity contribution in [3.63, 3.8) is 0 Å². The summed E-state index contributed by atoms with van der Waals surface area (Å²) in [5.74, 6) is -0.279. The van der Waals surface area contributed by atoms with E-state index >= 15 is 0 Å². The normalized spacial score (nSPS) is 19.0. The number of amides is 2. The van der Waals surface area contributed by atoms with Crippen LogP contribution in [0.2, 0.25) is 5.02 Å². The van der Waals surface area contributed by atoms with Gasteiger partial charge < -0.3 is 30.8 Å². The zero-order valence-electron chi connectivity index (χ0n) is 20.8. The van der Waals surface area contributed by atoms with Crippen molar-refractivity contribution < 1.29 is 32.2 Å². The molecule has 0 spiro atoms. The van der Waals surface area contributed by atoms with Crippen LogP contribution in [0.3, 0.4) is 0 Å². The number of nitrogens with one attached hydrogen (secondary N) is 4. The Labute approximate surface area is 235 Å². The number of thiazole rings is 1. The highest BCUT2D eigenvalue weighted by Gasteiger charge is 2.36. The summed E-state index contributed by atoms with van der Waals surface area (Å²) in [5.41, 5.74) is 0.635. The maximum absolute atomic E-state index is 13.9. The number of ether oxygens (including phenoxy) is 2. The van der Waals surface area contributed by atoms with E-state index in [9.17, 15) is 22.8 Å². The number of aromatic nitrogens is 1. The van der Waals surface area contributed by atoms with Crippen LogP contribution in [0.25, 0.3) is 0 Å². The van der Waals surface area contributed by atoms with Gasteiger partial charge in [0, 0.05) is 39.6 Å². The molecule has 2 amide bonds. The van der Waals surface area contributed by atoms with Crippen LogP contribution >= 0.6 is 22.9 Å². The number of methoxy groups -OCH3 is 1. The minimum atomic E-state index is -2.85. The number of rotatable bonds is 10. The summed E-state index contributed by atoms with van der Waals surface area (Å²) in [6, 6.07) is 2.72. The van der Waals surface area contributed by atoms with Crippen LogP contribution in [0.1, 0.15) is 16.6 Å². The van der Waals surface area contributed by atoms with Crippen LogP contribution in [0, 0.1) is 11.2 Å². The molecule has 4 rings (SSSR count). The molecule has 2 aliphatic heterocycles. The van der Waals surface area contributed by atoms with E-state index < -0.39 is 36.7 Å². The minimum Gasteiger partial charge on any atom is -0.453 e. The quantitative estimate of drug-likeness (QED) is 0.241. The van der Waals surface area contributed by atoms with Gasteiger partial charge in [0.25, 0.3) is 0 Å². The second-order valence-electron chi connectivity index (χ2n) is 8.37. The SMILES string of the molecule is COC(=O)NC[C@@H]1CN(CC2=C(C(=N)/C=C\NC(F)F)[C@H](c3ccc(F)cc3Cl)N=C(c3nccs3)N2)C(=O)O1. The molecule has 11 nitrogen and oxygen atoms in total. The number of alkyl halides is 2. The third kappa shape index (κ3) is 6.90. The van der Waals surface area contributed by atoms with Gasteiger partial charge in [0.1, 0.15) is 18.0 Å². The van der Waals surface area contributed by atoms with Crippen molar-refractivity contribution in [1.82, 2.24) is 25.8 Å². The van der Waals surface area contributed by atoms with Crippen molar-refractivity contribution >= 4 is 46.7 Å². The summed E-state index contributed by atoms with van der Waals surface area (Å²) in [5, 5.41) is 18.4. The van der Waals surface area contributed by atoms with E-state index in [1.807, 2.05) is 0 Å². The van der Waals surface area contributed by atoms with Crippen molar-refractivity contribution in [1.29, 1.82) is 5.41 Å². The molecule has 212 valence electrons.